The van der Waals surface area contributed by atoms with Gasteiger partial charge in [-0.05, 0) is 24.3 Å². The van der Waals surface area contributed by atoms with Crippen LogP contribution in [0.4, 0.5) is 17.6 Å². The topological polar surface area (TPSA) is 137 Å². The summed E-state index contributed by atoms with van der Waals surface area (Å²) in [6.07, 6.45) is 3.09. The van der Waals surface area contributed by atoms with E-state index in [0.717, 1.165) is 0 Å². The van der Waals surface area contributed by atoms with Crippen LogP contribution >= 0.6 is 0 Å². The van der Waals surface area contributed by atoms with E-state index in [1.165, 1.54) is 60.2 Å². The van der Waals surface area contributed by atoms with Gasteiger partial charge in [-0.3, -0.25) is 0 Å². The molecule has 0 fully saturated rings. The molecule has 11 nitrogen and oxygen atoms in total. The van der Waals surface area contributed by atoms with Crippen molar-refractivity contribution in [3.8, 4) is 11.5 Å². The highest BCUT2D eigenvalue weighted by atomic mass is 19.1. The number of esters is 2. The standard InChI is InChI=1S/C12H12F2N2O3.C9H8N2O3.C3H6F2O/c1-18-12(17)10-6-15-16-7-8(2-3-11(10)16)19-9(4-13)5-14;1-14-9(13)7-4-10-11-5-6(12)2-3-8(7)11;4-1-3(6)2-5/h2-3,6-7,9H,4-5H2,1H3;2-5,12H,1H3;3,6H,1-2H2. The van der Waals surface area contributed by atoms with Gasteiger partial charge >= 0.3 is 11.9 Å². The fourth-order valence-corrected chi connectivity index (χ4v) is 2.88. The first-order valence-electron chi connectivity index (χ1n) is 11.1. The molecule has 4 aromatic heterocycles. The molecule has 0 atom stereocenters. The van der Waals surface area contributed by atoms with Gasteiger partial charge in [0.25, 0.3) is 0 Å². The number of alkyl halides is 4. The Balaban J connectivity index is 0.000000234. The number of pyridine rings is 2. The van der Waals surface area contributed by atoms with Gasteiger partial charge in [-0.25, -0.2) is 36.2 Å². The lowest BCUT2D eigenvalue weighted by Gasteiger charge is -2.12. The Labute approximate surface area is 219 Å². The van der Waals surface area contributed by atoms with Gasteiger partial charge in [0.05, 0.1) is 50.0 Å². The maximum Gasteiger partial charge on any atom is 0.341 e. The van der Waals surface area contributed by atoms with Gasteiger partial charge in [0.2, 0.25) is 0 Å². The van der Waals surface area contributed by atoms with Crippen LogP contribution in [0.25, 0.3) is 11.0 Å². The number of ether oxygens (including phenoxy) is 3. The summed E-state index contributed by atoms with van der Waals surface area (Å²) in [4.78, 5) is 22.7. The van der Waals surface area contributed by atoms with E-state index in [1.807, 2.05) is 0 Å². The number of rotatable bonds is 8. The molecule has 2 N–H and O–H groups in total. The smallest absolute Gasteiger partial charge is 0.341 e. The quantitative estimate of drug-likeness (QED) is 0.247. The third-order valence-electron chi connectivity index (χ3n) is 4.80. The summed E-state index contributed by atoms with van der Waals surface area (Å²) in [5.41, 5.74) is 1.82. The summed E-state index contributed by atoms with van der Waals surface area (Å²) >= 11 is 0. The number of fused-ring (bicyclic) bond motifs is 2. The van der Waals surface area contributed by atoms with Crippen molar-refractivity contribution in [1.82, 2.24) is 19.2 Å². The number of aromatic nitrogens is 4. The van der Waals surface area contributed by atoms with E-state index < -0.39 is 50.8 Å². The first-order valence-corrected chi connectivity index (χ1v) is 11.1. The van der Waals surface area contributed by atoms with E-state index in [-0.39, 0.29) is 11.5 Å². The highest BCUT2D eigenvalue weighted by molar-refractivity contribution is 5.97. The molecule has 4 rings (SSSR count). The first kappa shape index (κ1) is 30.8. The molecule has 15 heteroatoms. The van der Waals surface area contributed by atoms with Crippen LogP contribution in [-0.2, 0) is 9.47 Å². The Bertz CT molecular complexity index is 1360. The third-order valence-corrected chi connectivity index (χ3v) is 4.80. The van der Waals surface area contributed by atoms with Gasteiger partial charge in [0.15, 0.2) is 6.10 Å². The van der Waals surface area contributed by atoms with Crippen molar-refractivity contribution < 1.29 is 51.6 Å². The predicted octanol–water partition coefficient (Wildman–Crippen LogP) is 2.92. The molecule has 0 bridgehead atoms. The van der Waals surface area contributed by atoms with Crippen LogP contribution in [0, 0.1) is 0 Å². The highest BCUT2D eigenvalue weighted by Crippen LogP contribution is 2.18. The lowest BCUT2D eigenvalue weighted by molar-refractivity contribution is 0.0594. The Morgan fingerprint density at radius 1 is 0.821 bits per heavy atom. The first-order chi connectivity index (χ1) is 18.7. The predicted molar refractivity (Wildman–Crippen MR) is 129 cm³/mol. The highest BCUT2D eigenvalue weighted by Gasteiger charge is 2.15. The van der Waals surface area contributed by atoms with Crippen LogP contribution in [-0.4, -0.2) is 94.5 Å². The largest absolute Gasteiger partial charge is 0.506 e. The molecule has 4 aromatic rings. The Morgan fingerprint density at radius 3 is 1.74 bits per heavy atom. The van der Waals surface area contributed by atoms with Crippen molar-refractivity contribution in [2.24, 2.45) is 0 Å². The van der Waals surface area contributed by atoms with Crippen molar-refractivity contribution in [3.05, 3.63) is 60.2 Å². The summed E-state index contributed by atoms with van der Waals surface area (Å²) in [7, 11) is 2.59. The zero-order valence-electron chi connectivity index (χ0n) is 20.8. The van der Waals surface area contributed by atoms with E-state index >= 15 is 0 Å². The molecule has 0 saturated heterocycles. The van der Waals surface area contributed by atoms with Crippen LogP contribution in [0.3, 0.4) is 0 Å². The molecule has 0 unspecified atom stereocenters. The molecule has 212 valence electrons. The molecule has 4 heterocycles. The number of nitrogens with zero attached hydrogens (tertiary/aromatic N) is 4. The average Bonchev–Trinajstić information content (AvgIpc) is 3.59. The van der Waals surface area contributed by atoms with Crippen molar-refractivity contribution >= 4 is 23.0 Å². The molecular weight excluding hydrogens is 532 g/mol. The minimum atomic E-state index is -1.40. The number of carbonyl (C=O) groups excluding carboxylic acids is 2. The number of aromatic hydroxyl groups is 1. The molecule has 0 radical (unpaired) electrons. The number of hydrogen-bond donors (Lipinski definition) is 2. The lowest BCUT2D eigenvalue weighted by atomic mass is 10.2. The van der Waals surface area contributed by atoms with Gasteiger partial charge in [-0.15, -0.1) is 0 Å². The van der Waals surface area contributed by atoms with E-state index in [0.29, 0.717) is 22.2 Å². The number of aliphatic hydroxyl groups excluding tert-OH is 1. The van der Waals surface area contributed by atoms with Gasteiger partial charge in [-0.1, -0.05) is 0 Å². The van der Waals surface area contributed by atoms with Crippen LogP contribution < -0.4 is 4.74 Å². The number of carbonyl (C=O) groups is 2. The number of halogens is 4. The molecule has 0 aliphatic heterocycles. The van der Waals surface area contributed by atoms with Crippen LogP contribution in [0.1, 0.15) is 20.7 Å². The molecule has 0 amide bonds. The second-order valence-corrected chi connectivity index (χ2v) is 7.52. The number of methoxy groups -OCH3 is 2. The lowest BCUT2D eigenvalue weighted by Crippen LogP contribution is -2.21. The SMILES string of the molecule is COC(=O)c1cnn2cc(O)ccc12.COC(=O)c1cnn2cc(OC(CF)CF)ccc12.OC(CF)CF. The van der Waals surface area contributed by atoms with Crippen molar-refractivity contribution in [1.29, 1.82) is 0 Å². The van der Waals surface area contributed by atoms with E-state index in [2.05, 4.69) is 19.7 Å². The van der Waals surface area contributed by atoms with Gasteiger partial charge in [0, 0.05) is 0 Å². The Morgan fingerprint density at radius 2 is 1.31 bits per heavy atom. The van der Waals surface area contributed by atoms with Crippen molar-refractivity contribution in [2.75, 3.05) is 40.9 Å². The number of aliphatic hydroxyl groups is 1. The Hall–Kier alpha value is -4.40. The third kappa shape index (κ3) is 8.29. The monoisotopic (exact) mass is 558 g/mol. The molecule has 0 saturated carbocycles. The zero-order valence-corrected chi connectivity index (χ0v) is 20.8. The minimum absolute atomic E-state index is 0.0945. The summed E-state index contributed by atoms with van der Waals surface area (Å²) in [5.74, 6) is -0.580. The normalized spacial score (nSPS) is 10.6. The summed E-state index contributed by atoms with van der Waals surface area (Å²) in [6.45, 7) is -3.81. The second kappa shape index (κ2) is 15.1. The van der Waals surface area contributed by atoms with Gasteiger partial charge < -0.3 is 24.4 Å². The van der Waals surface area contributed by atoms with Gasteiger partial charge in [-0.2, -0.15) is 10.2 Å². The average molecular weight is 558 g/mol. The maximum atomic E-state index is 12.4. The molecule has 0 aromatic carbocycles. The van der Waals surface area contributed by atoms with Crippen molar-refractivity contribution in [3.63, 3.8) is 0 Å². The van der Waals surface area contributed by atoms with Crippen LogP contribution in [0.5, 0.6) is 11.5 Å². The molecule has 0 aliphatic carbocycles. The summed E-state index contributed by atoms with van der Waals surface area (Å²) in [6, 6.07) is 6.18. The Kier molecular flexibility index (Phi) is 11.9. The minimum Gasteiger partial charge on any atom is -0.506 e. The molecule has 39 heavy (non-hydrogen) atoms. The second-order valence-electron chi connectivity index (χ2n) is 7.52. The molecular formula is C24H26F4N4O7. The van der Waals surface area contributed by atoms with Crippen LogP contribution in [0.2, 0.25) is 0 Å². The van der Waals surface area contributed by atoms with E-state index in [1.54, 1.807) is 12.1 Å². The fraction of sp³-hybridized carbons (Fsp3) is 0.333. The van der Waals surface area contributed by atoms with Crippen molar-refractivity contribution in [2.45, 2.75) is 12.2 Å². The zero-order chi connectivity index (χ0) is 28.9. The summed E-state index contributed by atoms with van der Waals surface area (Å²) < 4.78 is 63.6. The van der Waals surface area contributed by atoms with E-state index in [4.69, 9.17) is 14.9 Å². The molecule has 0 spiro atoms. The number of hydrogen-bond acceptors (Lipinski definition) is 9. The van der Waals surface area contributed by atoms with Gasteiger partial charge in [0.1, 0.15) is 55.4 Å². The van der Waals surface area contributed by atoms with E-state index in [9.17, 15) is 27.2 Å². The summed E-state index contributed by atoms with van der Waals surface area (Å²) in [5, 5.41) is 24.9. The molecule has 0 aliphatic rings. The fourth-order valence-electron chi connectivity index (χ4n) is 2.88. The maximum absolute atomic E-state index is 12.4. The van der Waals surface area contributed by atoms with Crippen LogP contribution in [0.15, 0.2) is 49.1 Å².